The van der Waals surface area contributed by atoms with Crippen LogP contribution in [0.1, 0.15) is 18.9 Å². The van der Waals surface area contributed by atoms with Crippen molar-refractivity contribution in [1.29, 1.82) is 0 Å². The van der Waals surface area contributed by atoms with Crippen molar-refractivity contribution >= 4 is 17.3 Å². The molecule has 0 radical (unpaired) electrons. The Kier molecular flexibility index (Phi) is 2.67. The van der Waals surface area contributed by atoms with Crippen LogP contribution in [-0.4, -0.2) is 17.9 Å². The van der Waals surface area contributed by atoms with Gasteiger partial charge in [0.15, 0.2) is 5.60 Å². The molecule has 1 unspecified atom stereocenters. The third-order valence-electron chi connectivity index (χ3n) is 2.53. The highest BCUT2D eigenvalue weighted by molar-refractivity contribution is 6.34. The highest BCUT2D eigenvalue weighted by atomic mass is 35.5. The van der Waals surface area contributed by atoms with Crippen LogP contribution in [-0.2, 0) is 4.84 Å². The molecule has 0 fully saturated rings. The van der Waals surface area contributed by atoms with Crippen molar-refractivity contribution in [1.82, 2.24) is 0 Å². The van der Waals surface area contributed by atoms with E-state index in [1.807, 2.05) is 31.2 Å². The maximum atomic E-state index is 6.07. The Morgan fingerprint density at radius 1 is 1.53 bits per heavy atom. The maximum absolute atomic E-state index is 6.07. The van der Waals surface area contributed by atoms with E-state index < -0.39 is 0 Å². The summed E-state index contributed by atoms with van der Waals surface area (Å²) in [5.41, 5.74) is 7.03. The SMILES string of the molecule is CC1(CN)CC(c2ccccc2Cl)=NO1. The molecule has 0 saturated heterocycles. The lowest BCUT2D eigenvalue weighted by molar-refractivity contribution is 0.00422. The number of hydrogen-bond donors (Lipinski definition) is 1. The Balaban J connectivity index is 2.25. The third-order valence-corrected chi connectivity index (χ3v) is 2.86. The fourth-order valence-electron chi connectivity index (χ4n) is 1.53. The molecule has 0 bridgehead atoms. The zero-order valence-corrected chi connectivity index (χ0v) is 9.29. The Bertz CT molecular complexity index is 405. The van der Waals surface area contributed by atoms with Gasteiger partial charge in [0.1, 0.15) is 0 Å². The number of nitrogens with zero attached hydrogens (tertiary/aromatic N) is 1. The minimum atomic E-state index is -0.380. The highest BCUT2D eigenvalue weighted by Gasteiger charge is 2.33. The second-order valence-corrected chi connectivity index (χ2v) is 4.35. The Labute approximate surface area is 93.9 Å². The fraction of sp³-hybridized carbons (Fsp3) is 0.364. The standard InChI is InChI=1S/C11H13ClN2O/c1-11(7-13)6-10(14-15-11)8-4-2-3-5-9(8)12/h2-5H,6-7,13H2,1H3. The van der Waals surface area contributed by atoms with Crippen molar-refractivity contribution in [3.8, 4) is 0 Å². The summed E-state index contributed by atoms with van der Waals surface area (Å²) in [5, 5.41) is 4.74. The molecule has 1 aliphatic heterocycles. The predicted molar refractivity (Wildman–Crippen MR) is 61.2 cm³/mol. The van der Waals surface area contributed by atoms with Gasteiger partial charge in [-0.2, -0.15) is 0 Å². The molecule has 15 heavy (non-hydrogen) atoms. The maximum Gasteiger partial charge on any atom is 0.152 e. The third kappa shape index (κ3) is 1.98. The van der Waals surface area contributed by atoms with Crippen molar-refractivity contribution in [2.75, 3.05) is 6.54 Å². The quantitative estimate of drug-likeness (QED) is 0.837. The van der Waals surface area contributed by atoms with Gasteiger partial charge in [0.25, 0.3) is 0 Å². The number of benzene rings is 1. The summed E-state index contributed by atoms with van der Waals surface area (Å²) in [6.07, 6.45) is 0.702. The van der Waals surface area contributed by atoms with E-state index in [4.69, 9.17) is 22.2 Å². The van der Waals surface area contributed by atoms with Crippen LogP contribution >= 0.6 is 11.6 Å². The van der Waals surface area contributed by atoms with Gasteiger partial charge in [0.05, 0.1) is 5.71 Å². The summed E-state index contributed by atoms with van der Waals surface area (Å²) in [6.45, 7) is 2.39. The van der Waals surface area contributed by atoms with E-state index in [0.717, 1.165) is 11.3 Å². The Hall–Kier alpha value is -1.06. The number of oxime groups is 1. The molecule has 1 aromatic carbocycles. The van der Waals surface area contributed by atoms with E-state index in [0.29, 0.717) is 18.0 Å². The molecule has 4 heteroatoms. The summed E-state index contributed by atoms with van der Waals surface area (Å²) in [7, 11) is 0. The van der Waals surface area contributed by atoms with Gasteiger partial charge in [-0.05, 0) is 13.0 Å². The van der Waals surface area contributed by atoms with E-state index in [2.05, 4.69) is 5.16 Å². The van der Waals surface area contributed by atoms with E-state index in [-0.39, 0.29) is 5.60 Å². The van der Waals surface area contributed by atoms with Crippen LogP contribution in [0.4, 0.5) is 0 Å². The van der Waals surface area contributed by atoms with Crippen molar-refractivity contribution in [3.05, 3.63) is 34.9 Å². The Morgan fingerprint density at radius 3 is 2.87 bits per heavy atom. The Morgan fingerprint density at radius 2 is 2.27 bits per heavy atom. The molecule has 0 saturated carbocycles. The molecular weight excluding hydrogens is 212 g/mol. The fourth-order valence-corrected chi connectivity index (χ4v) is 1.78. The molecule has 3 nitrogen and oxygen atoms in total. The monoisotopic (exact) mass is 224 g/mol. The molecule has 2 N–H and O–H groups in total. The normalized spacial score (nSPS) is 24.9. The van der Waals surface area contributed by atoms with E-state index in [9.17, 15) is 0 Å². The van der Waals surface area contributed by atoms with Crippen LogP contribution in [0.15, 0.2) is 29.4 Å². The van der Waals surface area contributed by atoms with Gasteiger partial charge in [-0.3, -0.25) is 0 Å². The number of nitrogens with two attached hydrogens (primary N) is 1. The molecule has 0 aromatic heterocycles. The molecule has 0 amide bonds. The van der Waals surface area contributed by atoms with Crippen molar-refractivity contribution in [3.63, 3.8) is 0 Å². The molecular formula is C11H13ClN2O. The van der Waals surface area contributed by atoms with E-state index in [1.165, 1.54) is 0 Å². The van der Waals surface area contributed by atoms with Gasteiger partial charge in [0.2, 0.25) is 0 Å². The zero-order chi connectivity index (χ0) is 10.9. The van der Waals surface area contributed by atoms with Crippen molar-refractivity contribution < 1.29 is 4.84 Å². The summed E-state index contributed by atoms with van der Waals surface area (Å²) < 4.78 is 0. The molecule has 1 aliphatic rings. The van der Waals surface area contributed by atoms with Crippen molar-refractivity contribution in [2.24, 2.45) is 10.9 Å². The average Bonchev–Trinajstić information content (AvgIpc) is 2.63. The first kappa shape index (κ1) is 10.5. The lowest BCUT2D eigenvalue weighted by atomic mass is 9.96. The molecule has 1 atom stereocenters. The summed E-state index contributed by atoms with van der Waals surface area (Å²) >= 11 is 6.07. The van der Waals surface area contributed by atoms with Crippen LogP contribution in [0, 0.1) is 0 Å². The van der Waals surface area contributed by atoms with Gasteiger partial charge < -0.3 is 10.6 Å². The average molecular weight is 225 g/mol. The van der Waals surface area contributed by atoms with Gasteiger partial charge in [-0.25, -0.2) is 0 Å². The first-order valence-corrected chi connectivity index (χ1v) is 5.22. The van der Waals surface area contributed by atoms with E-state index >= 15 is 0 Å². The largest absolute Gasteiger partial charge is 0.387 e. The van der Waals surface area contributed by atoms with Crippen LogP contribution < -0.4 is 5.73 Å². The smallest absolute Gasteiger partial charge is 0.152 e. The van der Waals surface area contributed by atoms with Gasteiger partial charge in [-0.15, -0.1) is 0 Å². The molecule has 0 aliphatic carbocycles. The molecule has 1 heterocycles. The lowest BCUT2D eigenvalue weighted by Gasteiger charge is -2.18. The zero-order valence-electron chi connectivity index (χ0n) is 8.53. The molecule has 1 aromatic rings. The van der Waals surface area contributed by atoms with E-state index in [1.54, 1.807) is 0 Å². The van der Waals surface area contributed by atoms with Crippen LogP contribution in [0.3, 0.4) is 0 Å². The number of hydrogen-bond acceptors (Lipinski definition) is 3. The molecule has 2 rings (SSSR count). The van der Waals surface area contributed by atoms with Crippen LogP contribution in [0.2, 0.25) is 5.02 Å². The highest BCUT2D eigenvalue weighted by Crippen LogP contribution is 2.28. The van der Waals surface area contributed by atoms with Crippen LogP contribution in [0.5, 0.6) is 0 Å². The first-order chi connectivity index (χ1) is 7.14. The minimum absolute atomic E-state index is 0.380. The second kappa shape index (κ2) is 3.83. The number of rotatable bonds is 2. The first-order valence-electron chi connectivity index (χ1n) is 4.85. The topological polar surface area (TPSA) is 47.6 Å². The molecule has 80 valence electrons. The van der Waals surface area contributed by atoms with Gasteiger partial charge >= 0.3 is 0 Å². The summed E-state index contributed by atoms with van der Waals surface area (Å²) in [4.78, 5) is 5.32. The summed E-state index contributed by atoms with van der Waals surface area (Å²) in [5.74, 6) is 0. The van der Waals surface area contributed by atoms with Gasteiger partial charge in [0, 0.05) is 23.6 Å². The van der Waals surface area contributed by atoms with Crippen molar-refractivity contribution in [2.45, 2.75) is 18.9 Å². The minimum Gasteiger partial charge on any atom is -0.387 e. The second-order valence-electron chi connectivity index (χ2n) is 3.94. The van der Waals surface area contributed by atoms with Gasteiger partial charge in [-0.1, -0.05) is 35.0 Å². The van der Waals surface area contributed by atoms with Crippen LogP contribution in [0.25, 0.3) is 0 Å². The number of halogens is 1. The molecule has 0 spiro atoms. The summed E-state index contributed by atoms with van der Waals surface area (Å²) in [6, 6.07) is 7.61. The lowest BCUT2D eigenvalue weighted by Crippen LogP contribution is -2.34. The predicted octanol–water partition coefficient (Wildman–Crippen LogP) is 2.18.